The van der Waals surface area contributed by atoms with Gasteiger partial charge in [-0.2, -0.15) is 0 Å². The molecule has 0 radical (unpaired) electrons. The second-order valence-corrected chi connectivity index (χ2v) is 5.89. The number of aromatic nitrogens is 2. The van der Waals surface area contributed by atoms with Crippen LogP contribution in [0.2, 0.25) is 0 Å². The number of methoxy groups -OCH3 is 1. The van der Waals surface area contributed by atoms with Crippen molar-refractivity contribution in [2.24, 2.45) is 0 Å². The average molecular weight is 363 g/mol. The zero-order chi connectivity index (χ0) is 19.1. The van der Waals surface area contributed by atoms with E-state index < -0.39 is 0 Å². The summed E-state index contributed by atoms with van der Waals surface area (Å²) >= 11 is 0. The molecule has 0 aliphatic carbocycles. The van der Waals surface area contributed by atoms with Crippen molar-refractivity contribution < 1.29 is 14.3 Å². The molecule has 0 fully saturated rings. The number of rotatable bonds is 7. The van der Waals surface area contributed by atoms with Crippen LogP contribution in [0.4, 0.5) is 5.69 Å². The lowest BCUT2D eigenvalue weighted by atomic mass is 10.1. The number of nitrogens with one attached hydrogen (secondary N) is 1. The van der Waals surface area contributed by atoms with Crippen LogP contribution in [0.3, 0.4) is 0 Å². The van der Waals surface area contributed by atoms with Gasteiger partial charge in [-0.3, -0.25) is 4.79 Å². The number of hydrogen-bond acceptors (Lipinski definition) is 5. The molecule has 6 heteroatoms. The number of para-hydroxylation sites is 1. The van der Waals surface area contributed by atoms with Crippen LogP contribution < -0.4 is 14.8 Å². The minimum Gasteiger partial charge on any atom is -0.496 e. The van der Waals surface area contributed by atoms with Gasteiger partial charge in [0.05, 0.1) is 13.7 Å². The molecule has 0 saturated carbocycles. The Morgan fingerprint density at radius 3 is 2.52 bits per heavy atom. The Kier molecular flexibility index (Phi) is 5.99. The third-order valence-electron chi connectivity index (χ3n) is 3.93. The Hall–Kier alpha value is -3.41. The van der Waals surface area contributed by atoms with Crippen LogP contribution in [0.25, 0.3) is 11.3 Å². The van der Waals surface area contributed by atoms with Crippen molar-refractivity contribution in [3.05, 3.63) is 66.5 Å². The number of carbonyl (C=O) groups is 1. The van der Waals surface area contributed by atoms with Crippen molar-refractivity contribution in [3.63, 3.8) is 0 Å². The predicted octanol–water partition coefficient (Wildman–Crippen LogP) is 3.73. The molecule has 27 heavy (non-hydrogen) atoms. The minimum atomic E-state index is -0.0856. The molecule has 3 aromatic rings. The standard InChI is InChI=1S/C21H21N3O3/c1-15(25)24-17-9-7-16(8-10-17)11-14-27-21-20(22-12-13-23-21)18-5-3-4-6-19(18)26-2/h3-10,12-13H,11,14H2,1-2H3,(H,24,25). The molecule has 0 atom stereocenters. The molecule has 0 spiro atoms. The van der Waals surface area contributed by atoms with E-state index in [2.05, 4.69) is 15.3 Å². The first-order valence-electron chi connectivity index (χ1n) is 8.61. The second kappa shape index (κ2) is 8.80. The molecule has 1 aromatic heterocycles. The smallest absolute Gasteiger partial charge is 0.240 e. The van der Waals surface area contributed by atoms with Gasteiger partial charge in [0.25, 0.3) is 0 Å². The molecule has 0 unspecified atom stereocenters. The summed E-state index contributed by atoms with van der Waals surface area (Å²) in [4.78, 5) is 19.8. The Labute approximate surface area is 158 Å². The SMILES string of the molecule is COc1ccccc1-c1nccnc1OCCc1ccc(NC(C)=O)cc1. The number of amides is 1. The molecule has 1 amide bonds. The topological polar surface area (TPSA) is 73.3 Å². The van der Waals surface area contributed by atoms with Crippen LogP contribution in [0, 0.1) is 0 Å². The number of ether oxygens (including phenoxy) is 2. The Morgan fingerprint density at radius 2 is 1.78 bits per heavy atom. The van der Waals surface area contributed by atoms with Gasteiger partial charge in [0.1, 0.15) is 11.4 Å². The van der Waals surface area contributed by atoms with E-state index in [0.29, 0.717) is 24.6 Å². The molecular formula is C21H21N3O3. The molecule has 0 aliphatic rings. The fourth-order valence-electron chi connectivity index (χ4n) is 2.68. The van der Waals surface area contributed by atoms with Crippen molar-refractivity contribution >= 4 is 11.6 Å². The van der Waals surface area contributed by atoms with E-state index in [1.165, 1.54) is 6.92 Å². The number of benzene rings is 2. The van der Waals surface area contributed by atoms with Gasteiger partial charge in [-0.15, -0.1) is 0 Å². The summed E-state index contributed by atoms with van der Waals surface area (Å²) < 4.78 is 11.3. The minimum absolute atomic E-state index is 0.0856. The fraction of sp³-hybridized carbons (Fsp3) is 0.190. The first-order valence-corrected chi connectivity index (χ1v) is 8.61. The van der Waals surface area contributed by atoms with Crippen LogP contribution >= 0.6 is 0 Å². The number of carbonyl (C=O) groups excluding carboxylic acids is 1. The molecule has 0 bridgehead atoms. The van der Waals surface area contributed by atoms with E-state index in [9.17, 15) is 4.79 Å². The lowest BCUT2D eigenvalue weighted by molar-refractivity contribution is -0.114. The molecular weight excluding hydrogens is 342 g/mol. The first kappa shape index (κ1) is 18.4. The average Bonchev–Trinajstić information content (AvgIpc) is 2.69. The zero-order valence-corrected chi connectivity index (χ0v) is 15.3. The molecule has 6 nitrogen and oxygen atoms in total. The highest BCUT2D eigenvalue weighted by Crippen LogP contribution is 2.32. The maximum Gasteiger partial charge on any atom is 0.240 e. The molecule has 138 valence electrons. The zero-order valence-electron chi connectivity index (χ0n) is 15.3. The van der Waals surface area contributed by atoms with Gasteiger partial charge in [-0.25, -0.2) is 9.97 Å². The van der Waals surface area contributed by atoms with Crippen molar-refractivity contribution in [1.29, 1.82) is 0 Å². The lowest BCUT2D eigenvalue weighted by Crippen LogP contribution is -2.07. The molecule has 3 rings (SSSR count). The van der Waals surface area contributed by atoms with E-state index >= 15 is 0 Å². The van der Waals surface area contributed by atoms with E-state index in [-0.39, 0.29) is 5.91 Å². The van der Waals surface area contributed by atoms with Gasteiger partial charge >= 0.3 is 0 Å². The maximum atomic E-state index is 11.1. The first-order chi connectivity index (χ1) is 13.2. The van der Waals surface area contributed by atoms with Gasteiger partial charge in [-0.1, -0.05) is 24.3 Å². The third kappa shape index (κ3) is 4.82. The van der Waals surface area contributed by atoms with Crippen molar-refractivity contribution in [2.45, 2.75) is 13.3 Å². The van der Waals surface area contributed by atoms with Gasteiger partial charge in [0.2, 0.25) is 11.8 Å². The molecule has 2 aromatic carbocycles. The predicted molar refractivity (Wildman–Crippen MR) is 104 cm³/mol. The summed E-state index contributed by atoms with van der Waals surface area (Å²) in [5.74, 6) is 1.10. The Bertz CT molecular complexity index is 911. The summed E-state index contributed by atoms with van der Waals surface area (Å²) in [6.07, 6.45) is 3.95. The van der Waals surface area contributed by atoms with Gasteiger partial charge in [-0.05, 0) is 29.8 Å². The highest BCUT2D eigenvalue weighted by molar-refractivity contribution is 5.88. The van der Waals surface area contributed by atoms with Crippen molar-refractivity contribution in [2.75, 3.05) is 19.0 Å². The number of anilines is 1. The van der Waals surface area contributed by atoms with E-state index in [0.717, 1.165) is 22.6 Å². The summed E-state index contributed by atoms with van der Waals surface area (Å²) in [5.41, 5.74) is 3.37. The summed E-state index contributed by atoms with van der Waals surface area (Å²) in [6, 6.07) is 15.3. The highest BCUT2D eigenvalue weighted by atomic mass is 16.5. The fourth-order valence-corrected chi connectivity index (χ4v) is 2.68. The third-order valence-corrected chi connectivity index (χ3v) is 3.93. The summed E-state index contributed by atoms with van der Waals surface area (Å²) in [5, 5.41) is 2.75. The van der Waals surface area contributed by atoms with Crippen LogP contribution in [-0.4, -0.2) is 29.6 Å². The highest BCUT2D eigenvalue weighted by Gasteiger charge is 2.13. The molecule has 1 heterocycles. The second-order valence-electron chi connectivity index (χ2n) is 5.89. The van der Waals surface area contributed by atoms with Gasteiger partial charge in [0, 0.05) is 37.0 Å². The monoisotopic (exact) mass is 363 g/mol. The number of nitrogens with zero attached hydrogens (tertiary/aromatic N) is 2. The van der Waals surface area contributed by atoms with Gasteiger partial charge < -0.3 is 14.8 Å². The molecule has 0 aliphatic heterocycles. The Morgan fingerprint density at radius 1 is 1.04 bits per heavy atom. The van der Waals surface area contributed by atoms with Crippen LogP contribution in [-0.2, 0) is 11.2 Å². The van der Waals surface area contributed by atoms with Crippen LogP contribution in [0.15, 0.2) is 60.9 Å². The normalized spacial score (nSPS) is 10.3. The van der Waals surface area contributed by atoms with E-state index in [4.69, 9.17) is 9.47 Å². The van der Waals surface area contributed by atoms with Gasteiger partial charge in [0.15, 0.2) is 0 Å². The summed E-state index contributed by atoms with van der Waals surface area (Å²) in [7, 11) is 1.63. The van der Waals surface area contributed by atoms with Crippen LogP contribution in [0.5, 0.6) is 11.6 Å². The maximum absolute atomic E-state index is 11.1. The quantitative estimate of drug-likeness (QED) is 0.692. The van der Waals surface area contributed by atoms with E-state index in [1.54, 1.807) is 19.5 Å². The Balaban J connectivity index is 1.68. The van der Waals surface area contributed by atoms with Crippen molar-refractivity contribution in [1.82, 2.24) is 9.97 Å². The number of hydrogen-bond donors (Lipinski definition) is 1. The van der Waals surface area contributed by atoms with E-state index in [1.807, 2.05) is 48.5 Å². The lowest BCUT2D eigenvalue weighted by Gasteiger charge is -2.12. The molecule has 0 saturated heterocycles. The summed E-state index contributed by atoms with van der Waals surface area (Å²) in [6.45, 7) is 1.95. The largest absolute Gasteiger partial charge is 0.496 e. The molecule has 1 N–H and O–H groups in total. The van der Waals surface area contributed by atoms with Crippen LogP contribution in [0.1, 0.15) is 12.5 Å². The van der Waals surface area contributed by atoms with Crippen molar-refractivity contribution in [3.8, 4) is 22.9 Å².